The summed E-state index contributed by atoms with van der Waals surface area (Å²) in [4.78, 5) is 3.80. The molecular weight excluding hydrogens is 253 g/mol. The molecule has 2 nitrogen and oxygen atoms in total. The monoisotopic (exact) mass is 274 g/mol. The number of alkyl halides is 3. The van der Waals surface area contributed by atoms with Gasteiger partial charge in [-0.2, -0.15) is 13.2 Å². The highest BCUT2D eigenvalue weighted by Gasteiger charge is 2.33. The zero-order valence-corrected chi connectivity index (χ0v) is 11.8. The summed E-state index contributed by atoms with van der Waals surface area (Å²) in [5.41, 5.74) is -0.348. The first-order chi connectivity index (χ1) is 8.59. The van der Waals surface area contributed by atoms with Gasteiger partial charge in [-0.25, -0.2) is 0 Å². The molecule has 1 rings (SSSR count). The molecule has 0 saturated heterocycles. The molecule has 108 valence electrons. The van der Waals surface area contributed by atoms with Crippen LogP contribution in [-0.4, -0.2) is 17.1 Å². The summed E-state index contributed by atoms with van der Waals surface area (Å²) < 4.78 is 38.5. The highest BCUT2D eigenvalue weighted by molar-refractivity contribution is 5.26. The highest BCUT2D eigenvalue weighted by Crippen LogP contribution is 2.32. The van der Waals surface area contributed by atoms with Crippen molar-refractivity contribution in [3.05, 3.63) is 29.6 Å². The zero-order chi connectivity index (χ0) is 14.7. The Morgan fingerprint density at radius 3 is 2.42 bits per heavy atom. The number of rotatable bonds is 4. The van der Waals surface area contributed by atoms with Gasteiger partial charge in [0.25, 0.3) is 0 Å². The van der Waals surface area contributed by atoms with Gasteiger partial charge in [0.05, 0.1) is 5.56 Å². The lowest BCUT2D eigenvalue weighted by Gasteiger charge is -2.24. The maximum Gasteiger partial charge on any atom is 0.416 e. The van der Waals surface area contributed by atoms with Crippen molar-refractivity contribution < 1.29 is 13.2 Å². The molecule has 0 amide bonds. The molecule has 0 aliphatic heterocycles. The molecule has 0 aliphatic rings. The third-order valence-electron chi connectivity index (χ3n) is 2.76. The topological polar surface area (TPSA) is 24.9 Å². The van der Waals surface area contributed by atoms with Crippen LogP contribution in [0.2, 0.25) is 0 Å². The van der Waals surface area contributed by atoms with Gasteiger partial charge < -0.3 is 5.32 Å². The Bertz CT molecular complexity index is 408. The molecule has 0 fully saturated rings. The average Bonchev–Trinajstić information content (AvgIpc) is 2.25. The molecule has 1 heterocycles. The maximum absolute atomic E-state index is 12.8. The lowest BCUT2D eigenvalue weighted by Crippen LogP contribution is -2.39. The molecule has 0 bridgehead atoms. The first-order valence-corrected chi connectivity index (χ1v) is 6.34. The van der Waals surface area contributed by atoms with Crippen LogP contribution in [0.1, 0.15) is 38.8 Å². The fraction of sp³-hybridized carbons (Fsp3) is 0.643. The Labute approximate surface area is 112 Å². The third kappa shape index (κ3) is 5.59. The second kappa shape index (κ2) is 5.90. The normalized spacial score (nSPS) is 14.5. The summed E-state index contributed by atoms with van der Waals surface area (Å²) in [6.07, 6.45) is -1.44. The van der Waals surface area contributed by atoms with Gasteiger partial charge in [-0.15, -0.1) is 0 Å². The lowest BCUT2D eigenvalue weighted by atomic mass is 9.97. The van der Waals surface area contributed by atoms with Gasteiger partial charge in [0.2, 0.25) is 0 Å². The summed E-state index contributed by atoms with van der Waals surface area (Å²) in [5.74, 6) is 0.115. The van der Waals surface area contributed by atoms with Gasteiger partial charge in [0.15, 0.2) is 0 Å². The number of pyridine rings is 1. The smallest absolute Gasteiger partial charge is 0.312 e. The zero-order valence-electron chi connectivity index (χ0n) is 11.8. The minimum Gasteiger partial charge on any atom is -0.312 e. The minimum atomic E-state index is -4.31. The summed E-state index contributed by atoms with van der Waals surface area (Å²) in [6, 6.07) is 1.04. The fourth-order valence-corrected chi connectivity index (χ4v) is 1.79. The Kier molecular flexibility index (Phi) is 4.96. The van der Waals surface area contributed by atoms with Crippen LogP contribution in [-0.2, 0) is 12.6 Å². The number of halogens is 3. The second-order valence-electron chi connectivity index (χ2n) is 5.97. The Morgan fingerprint density at radius 1 is 1.26 bits per heavy atom. The maximum atomic E-state index is 12.8. The number of aromatic nitrogens is 1. The van der Waals surface area contributed by atoms with E-state index in [0.717, 1.165) is 6.07 Å². The fourth-order valence-electron chi connectivity index (χ4n) is 1.79. The molecule has 1 atom stereocenters. The molecular formula is C14H21F3N2. The molecule has 0 saturated carbocycles. The van der Waals surface area contributed by atoms with Crippen LogP contribution in [0.15, 0.2) is 18.5 Å². The quantitative estimate of drug-likeness (QED) is 0.906. The van der Waals surface area contributed by atoms with Crippen molar-refractivity contribution in [2.45, 2.75) is 45.8 Å². The largest absolute Gasteiger partial charge is 0.416 e. The third-order valence-corrected chi connectivity index (χ3v) is 2.76. The van der Waals surface area contributed by atoms with Crippen molar-refractivity contribution in [2.75, 3.05) is 6.54 Å². The number of nitrogens with zero attached hydrogens (tertiary/aromatic N) is 1. The first kappa shape index (κ1) is 16.0. The van der Waals surface area contributed by atoms with Crippen LogP contribution in [0.25, 0.3) is 0 Å². The molecule has 0 spiro atoms. The van der Waals surface area contributed by atoms with E-state index in [9.17, 15) is 13.2 Å². The van der Waals surface area contributed by atoms with Crippen LogP contribution >= 0.6 is 0 Å². The van der Waals surface area contributed by atoms with Gasteiger partial charge >= 0.3 is 6.18 Å². The molecule has 1 unspecified atom stereocenters. The van der Waals surface area contributed by atoms with Crippen molar-refractivity contribution >= 4 is 0 Å². The summed E-state index contributed by atoms with van der Waals surface area (Å²) in [6.45, 7) is 8.71. The predicted octanol–water partition coefficient (Wildman–Crippen LogP) is 3.67. The molecule has 5 heteroatoms. The van der Waals surface area contributed by atoms with E-state index in [1.54, 1.807) is 0 Å². The van der Waals surface area contributed by atoms with Gasteiger partial charge in [-0.05, 0) is 51.3 Å². The first-order valence-electron chi connectivity index (χ1n) is 6.34. The van der Waals surface area contributed by atoms with Gasteiger partial charge in [-0.3, -0.25) is 4.98 Å². The second-order valence-corrected chi connectivity index (χ2v) is 5.97. The van der Waals surface area contributed by atoms with E-state index in [-0.39, 0.29) is 17.0 Å². The summed E-state index contributed by atoms with van der Waals surface area (Å²) >= 11 is 0. The lowest BCUT2D eigenvalue weighted by molar-refractivity contribution is -0.138. The van der Waals surface area contributed by atoms with Crippen LogP contribution in [0.4, 0.5) is 13.2 Å². The van der Waals surface area contributed by atoms with E-state index in [2.05, 4.69) is 10.3 Å². The molecule has 1 N–H and O–H groups in total. The molecule has 0 aliphatic carbocycles. The van der Waals surface area contributed by atoms with E-state index >= 15 is 0 Å². The highest BCUT2D eigenvalue weighted by atomic mass is 19.4. The molecule has 0 radical (unpaired) electrons. The van der Waals surface area contributed by atoms with Crippen molar-refractivity contribution in [3.8, 4) is 0 Å². The van der Waals surface area contributed by atoms with E-state index in [0.29, 0.717) is 13.0 Å². The summed E-state index contributed by atoms with van der Waals surface area (Å²) in [7, 11) is 0. The molecule has 1 aromatic heterocycles. The van der Waals surface area contributed by atoms with Crippen molar-refractivity contribution in [1.82, 2.24) is 10.3 Å². The standard InChI is InChI=1S/C14H21F3N2/c1-10(8-19-13(2,3)4)7-11-9-18-6-5-12(11)14(15,16)17/h5-6,9-10,19H,7-8H2,1-4H3. The number of hydrogen-bond acceptors (Lipinski definition) is 2. The van der Waals surface area contributed by atoms with E-state index in [4.69, 9.17) is 0 Å². The van der Waals surface area contributed by atoms with Gasteiger partial charge in [0, 0.05) is 17.9 Å². The Hall–Kier alpha value is -1.10. The van der Waals surface area contributed by atoms with Crippen molar-refractivity contribution in [3.63, 3.8) is 0 Å². The Morgan fingerprint density at radius 2 is 1.89 bits per heavy atom. The van der Waals surface area contributed by atoms with Crippen LogP contribution in [0.5, 0.6) is 0 Å². The molecule has 1 aromatic rings. The van der Waals surface area contributed by atoms with Crippen LogP contribution in [0, 0.1) is 5.92 Å². The number of nitrogens with one attached hydrogen (secondary N) is 1. The van der Waals surface area contributed by atoms with E-state index in [1.807, 2.05) is 27.7 Å². The van der Waals surface area contributed by atoms with Gasteiger partial charge in [-0.1, -0.05) is 6.92 Å². The SMILES string of the molecule is CC(CNC(C)(C)C)Cc1cnccc1C(F)(F)F. The van der Waals surface area contributed by atoms with Crippen LogP contribution < -0.4 is 5.32 Å². The van der Waals surface area contributed by atoms with Gasteiger partial charge in [0.1, 0.15) is 0 Å². The molecule has 0 aromatic carbocycles. The van der Waals surface area contributed by atoms with Crippen molar-refractivity contribution in [1.29, 1.82) is 0 Å². The van der Waals surface area contributed by atoms with E-state index in [1.165, 1.54) is 12.4 Å². The summed E-state index contributed by atoms with van der Waals surface area (Å²) in [5, 5.41) is 3.30. The molecule has 19 heavy (non-hydrogen) atoms. The number of hydrogen-bond donors (Lipinski definition) is 1. The average molecular weight is 274 g/mol. The van der Waals surface area contributed by atoms with Crippen molar-refractivity contribution in [2.24, 2.45) is 5.92 Å². The Balaban J connectivity index is 2.72. The van der Waals surface area contributed by atoms with E-state index < -0.39 is 11.7 Å². The predicted molar refractivity (Wildman–Crippen MR) is 69.9 cm³/mol. The van der Waals surface area contributed by atoms with Crippen LogP contribution in [0.3, 0.4) is 0 Å². The minimum absolute atomic E-state index is 0.0317.